The Labute approximate surface area is 161 Å². The highest BCUT2D eigenvalue weighted by molar-refractivity contribution is 5.61. The van der Waals surface area contributed by atoms with Gasteiger partial charge in [0, 0.05) is 24.7 Å². The fourth-order valence-electron chi connectivity index (χ4n) is 5.12. The summed E-state index contributed by atoms with van der Waals surface area (Å²) < 4.78 is 5.66. The quantitative estimate of drug-likeness (QED) is 0.800. The van der Waals surface area contributed by atoms with Gasteiger partial charge in [0.05, 0.1) is 24.9 Å². The Kier molecular flexibility index (Phi) is 3.99. The number of ether oxygens (including phenoxy) is 1. The SMILES string of the molecule is CC1(C)C2c3ccccc3C=CN2N(c2ccccc2)[C@H]1N1CCOCC1. The van der Waals surface area contributed by atoms with Crippen molar-refractivity contribution < 1.29 is 4.74 Å². The second-order valence-corrected chi connectivity index (χ2v) is 8.25. The number of hydrazine groups is 1. The minimum Gasteiger partial charge on any atom is -0.379 e. The molecule has 4 nitrogen and oxygen atoms in total. The van der Waals surface area contributed by atoms with Crippen LogP contribution in [0.15, 0.2) is 60.8 Å². The maximum atomic E-state index is 5.66. The second-order valence-electron chi connectivity index (χ2n) is 8.25. The van der Waals surface area contributed by atoms with Crippen LogP contribution in [0.3, 0.4) is 0 Å². The van der Waals surface area contributed by atoms with Crippen LogP contribution in [-0.4, -0.2) is 42.4 Å². The molecule has 5 rings (SSSR count). The molecule has 2 atom stereocenters. The maximum Gasteiger partial charge on any atom is 0.110 e. The molecule has 2 aromatic carbocycles. The molecule has 0 spiro atoms. The lowest BCUT2D eigenvalue weighted by molar-refractivity contribution is -0.00653. The Morgan fingerprint density at radius 2 is 1.63 bits per heavy atom. The van der Waals surface area contributed by atoms with Crippen molar-refractivity contribution in [2.45, 2.75) is 26.1 Å². The lowest BCUT2D eigenvalue weighted by atomic mass is 9.76. The van der Waals surface area contributed by atoms with Gasteiger partial charge in [-0.05, 0) is 29.3 Å². The molecule has 4 heteroatoms. The van der Waals surface area contributed by atoms with E-state index in [0.29, 0.717) is 6.04 Å². The Balaban J connectivity index is 1.66. The number of para-hydroxylation sites is 1. The first-order valence-corrected chi connectivity index (χ1v) is 9.89. The van der Waals surface area contributed by atoms with Crippen molar-refractivity contribution in [3.8, 4) is 0 Å². The molecule has 0 N–H and O–H groups in total. The number of hydrogen-bond donors (Lipinski definition) is 0. The van der Waals surface area contributed by atoms with Crippen molar-refractivity contribution in [3.05, 3.63) is 71.9 Å². The summed E-state index contributed by atoms with van der Waals surface area (Å²) in [5.41, 5.74) is 4.05. The van der Waals surface area contributed by atoms with E-state index in [9.17, 15) is 0 Å². The maximum absolute atomic E-state index is 5.66. The zero-order valence-electron chi connectivity index (χ0n) is 16.1. The van der Waals surface area contributed by atoms with Gasteiger partial charge in [-0.25, -0.2) is 0 Å². The molecule has 0 aliphatic carbocycles. The molecular weight excluding hydrogens is 334 g/mol. The Morgan fingerprint density at radius 3 is 2.41 bits per heavy atom. The highest BCUT2D eigenvalue weighted by Crippen LogP contribution is 2.54. The number of nitrogens with zero attached hydrogens (tertiary/aromatic N) is 3. The van der Waals surface area contributed by atoms with Crippen LogP contribution >= 0.6 is 0 Å². The normalized spacial score (nSPS) is 26.7. The van der Waals surface area contributed by atoms with Gasteiger partial charge in [0.15, 0.2) is 0 Å². The zero-order valence-corrected chi connectivity index (χ0v) is 16.1. The Bertz CT molecular complexity index is 842. The summed E-state index contributed by atoms with van der Waals surface area (Å²) in [5, 5.41) is 4.96. The lowest BCUT2D eigenvalue weighted by Gasteiger charge is -2.43. The van der Waals surface area contributed by atoms with Gasteiger partial charge in [0.25, 0.3) is 0 Å². The molecule has 0 saturated carbocycles. The fourth-order valence-corrected chi connectivity index (χ4v) is 5.12. The molecule has 3 aliphatic heterocycles. The van der Waals surface area contributed by atoms with Gasteiger partial charge >= 0.3 is 0 Å². The number of anilines is 1. The van der Waals surface area contributed by atoms with E-state index in [-0.39, 0.29) is 11.6 Å². The van der Waals surface area contributed by atoms with E-state index in [1.54, 1.807) is 0 Å². The first kappa shape index (κ1) is 16.8. The molecule has 27 heavy (non-hydrogen) atoms. The molecule has 0 amide bonds. The van der Waals surface area contributed by atoms with Crippen molar-refractivity contribution in [2.75, 3.05) is 31.3 Å². The largest absolute Gasteiger partial charge is 0.379 e. The van der Waals surface area contributed by atoms with Gasteiger partial charge in [0.1, 0.15) is 6.17 Å². The fraction of sp³-hybridized carbons (Fsp3) is 0.391. The predicted octanol–water partition coefficient (Wildman–Crippen LogP) is 4.13. The van der Waals surface area contributed by atoms with E-state index in [1.807, 2.05) is 0 Å². The van der Waals surface area contributed by atoms with E-state index in [1.165, 1.54) is 16.8 Å². The first-order chi connectivity index (χ1) is 13.2. The van der Waals surface area contributed by atoms with Crippen LogP contribution in [0.5, 0.6) is 0 Å². The standard InChI is InChI=1S/C23H27N3O/c1-23(2)21-20-11-7-6-8-18(20)12-13-25(21)26(19-9-4-3-5-10-19)22(23)24-14-16-27-17-15-24/h3-13,21-22H,14-17H2,1-2H3/t21?,22-/m1/s1. The average Bonchev–Trinajstić information content (AvgIpc) is 2.96. The third-order valence-corrected chi connectivity index (χ3v) is 6.22. The second kappa shape index (κ2) is 6.39. The van der Waals surface area contributed by atoms with Crippen LogP contribution in [0, 0.1) is 5.41 Å². The van der Waals surface area contributed by atoms with Crippen molar-refractivity contribution in [1.82, 2.24) is 9.91 Å². The van der Waals surface area contributed by atoms with Crippen LogP contribution in [0.2, 0.25) is 0 Å². The molecule has 3 aliphatic rings. The van der Waals surface area contributed by atoms with Crippen molar-refractivity contribution in [3.63, 3.8) is 0 Å². The molecule has 2 saturated heterocycles. The summed E-state index contributed by atoms with van der Waals surface area (Å²) in [6, 6.07) is 19.9. The number of rotatable bonds is 2. The number of benzene rings is 2. The highest BCUT2D eigenvalue weighted by atomic mass is 16.5. The summed E-state index contributed by atoms with van der Waals surface area (Å²) in [6.45, 7) is 8.42. The minimum absolute atomic E-state index is 0.0496. The third-order valence-electron chi connectivity index (χ3n) is 6.22. The molecule has 2 fully saturated rings. The number of hydrogen-bond acceptors (Lipinski definition) is 4. The van der Waals surface area contributed by atoms with Crippen LogP contribution < -0.4 is 5.01 Å². The number of morpholine rings is 1. The van der Waals surface area contributed by atoms with Gasteiger partial charge in [-0.3, -0.25) is 14.9 Å². The van der Waals surface area contributed by atoms with E-state index in [0.717, 1.165) is 26.3 Å². The first-order valence-electron chi connectivity index (χ1n) is 9.89. The highest BCUT2D eigenvalue weighted by Gasteiger charge is 2.56. The summed E-state index contributed by atoms with van der Waals surface area (Å²) in [4.78, 5) is 2.60. The summed E-state index contributed by atoms with van der Waals surface area (Å²) in [5.74, 6) is 0. The van der Waals surface area contributed by atoms with Crippen molar-refractivity contribution in [1.29, 1.82) is 0 Å². The predicted molar refractivity (Wildman–Crippen MR) is 109 cm³/mol. The van der Waals surface area contributed by atoms with Crippen molar-refractivity contribution in [2.24, 2.45) is 5.41 Å². The Hall–Kier alpha value is -2.30. The molecule has 1 unspecified atom stereocenters. The van der Waals surface area contributed by atoms with E-state index in [2.05, 4.69) is 95.6 Å². The molecule has 0 bridgehead atoms. The third kappa shape index (κ3) is 2.59. The Morgan fingerprint density at radius 1 is 0.926 bits per heavy atom. The average molecular weight is 361 g/mol. The molecule has 140 valence electrons. The lowest BCUT2D eigenvalue weighted by Crippen LogP contribution is -2.56. The summed E-state index contributed by atoms with van der Waals surface area (Å²) in [6.07, 6.45) is 4.80. The van der Waals surface area contributed by atoms with Gasteiger partial charge in [0.2, 0.25) is 0 Å². The van der Waals surface area contributed by atoms with Crippen LogP contribution in [0.4, 0.5) is 5.69 Å². The molecule has 2 aromatic rings. The molecular formula is C23H27N3O. The van der Waals surface area contributed by atoms with E-state index in [4.69, 9.17) is 4.74 Å². The van der Waals surface area contributed by atoms with Gasteiger partial charge in [-0.2, -0.15) is 0 Å². The molecule has 0 aromatic heterocycles. The minimum atomic E-state index is 0.0496. The van der Waals surface area contributed by atoms with E-state index < -0.39 is 0 Å². The summed E-state index contributed by atoms with van der Waals surface area (Å²) >= 11 is 0. The van der Waals surface area contributed by atoms with E-state index >= 15 is 0 Å². The van der Waals surface area contributed by atoms with Gasteiger partial charge < -0.3 is 4.74 Å². The topological polar surface area (TPSA) is 19.0 Å². The molecule has 0 radical (unpaired) electrons. The van der Waals surface area contributed by atoms with Gasteiger partial charge in [-0.15, -0.1) is 0 Å². The molecule has 3 heterocycles. The number of fused-ring (bicyclic) bond motifs is 3. The monoisotopic (exact) mass is 361 g/mol. The zero-order chi connectivity index (χ0) is 18.4. The summed E-state index contributed by atoms with van der Waals surface area (Å²) in [7, 11) is 0. The van der Waals surface area contributed by atoms with Crippen LogP contribution in [0.25, 0.3) is 6.08 Å². The van der Waals surface area contributed by atoms with Crippen molar-refractivity contribution >= 4 is 11.8 Å². The van der Waals surface area contributed by atoms with Crippen LogP contribution in [-0.2, 0) is 4.74 Å². The van der Waals surface area contributed by atoms with Crippen LogP contribution in [0.1, 0.15) is 31.0 Å². The van der Waals surface area contributed by atoms with Gasteiger partial charge in [-0.1, -0.05) is 56.3 Å². The smallest absolute Gasteiger partial charge is 0.110 e.